The Morgan fingerprint density at radius 2 is 1.86 bits per heavy atom. The fraction of sp³-hybridized carbons (Fsp3) is 0.700. The van der Waals surface area contributed by atoms with E-state index in [0.29, 0.717) is 24.2 Å². The second-order valence-electron chi connectivity index (χ2n) is 12.3. The number of thioether (sulfide) groups is 1. The minimum absolute atomic E-state index is 0.0727. The van der Waals surface area contributed by atoms with Crippen molar-refractivity contribution < 1.29 is 23.9 Å². The van der Waals surface area contributed by atoms with E-state index in [0.717, 1.165) is 6.42 Å². The lowest BCUT2D eigenvalue weighted by Gasteiger charge is -2.32. The molecule has 1 aliphatic rings. The summed E-state index contributed by atoms with van der Waals surface area (Å²) in [6, 6.07) is 4.16. The highest BCUT2D eigenvalue weighted by Crippen LogP contribution is 2.37. The third-order valence-corrected chi connectivity index (χ3v) is 8.99. The monoisotopic (exact) mass is 685 g/mol. The number of nitrogens with two attached hydrogens (primary N) is 1. The molecular weight excluding hydrogens is 638 g/mol. The van der Waals surface area contributed by atoms with Crippen molar-refractivity contribution in [3.8, 4) is 5.75 Å². The van der Waals surface area contributed by atoms with Gasteiger partial charge in [0.05, 0.1) is 23.6 Å². The molecule has 43 heavy (non-hydrogen) atoms. The van der Waals surface area contributed by atoms with E-state index in [1.807, 2.05) is 0 Å². The number of benzene rings is 1. The lowest BCUT2D eigenvalue weighted by molar-refractivity contribution is -0.385. The molecule has 1 aliphatic carbocycles. The van der Waals surface area contributed by atoms with Crippen LogP contribution in [0.15, 0.2) is 35.2 Å². The summed E-state index contributed by atoms with van der Waals surface area (Å²) < 4.78 is 16.1. The number of carbonyl (C=O) groups excluding carboxylic acids is 1. The van der Waals surface area contributed by atoms with Crippen LogP contribution >= 0.6 is 27.7 Å². The van der Waals surface area contributed by atoms with Gasteiger partial charge in [-0.15, -0.1) is 0 Å². The van der Waals surface area contributed by atoms with Gasteiger partial charge < -0.3 is 25.3 Å². The molecule has 0 aromatic heterocycles. The van der Waals surface area contributed by atoms with Gasteiger partial charge in [0, 0.05) is 22.3 Å². The molecule has 1 aromatic carbocycles. The molecule has 0 radical (unpaired) electrons. The molecule has 0 heterocycles. The van der Waals surface area contributed by atoms with Crippen LogP contribution in [0.3, 0.4) is 0 Å². The summed E-state index contributed by atoms with van der Waals surface area (Å²) in [4.78, 5) is 23.0. The molecule has 1 aromatic rings. The van der Waals surface area contributed by atoms with E-state index in [1.165, 1.54) is 69.3 Å². The highest BCUT2D eigenvalue weighted by molar-refractivity contribution is 9.10. The lowest BCUT2D eigenvalue weighted by atomic mass is 10.0. The predicted octanol–water partition coefficient (Wildman–Crippen LogP) is 7.36. The number of nitrogens with one attached hydrogen (secondary N) is 2. The van der Waals surface area contributed by atoms with Crippen LogP contribution in [0, 0.1) is 15.6 Å². The SMILES string of the molecule is CC(N)(CN/C=C(/COc1ccc([N+](=O)[O-])c(COC(=O)C(C)(C)Br)c1)N=N)OCCC(C)(C)SC1CCCCCCC1. The molecule has 11 nitrogen and oxygen atoms in total. The normalized spacial score (nSPS) is 16.9. The van der Waals surface area contributed by atoms with Gasteiger partial charge in [0.2, 0.25) is 0 Å². The van der Waals surface area contributed by atoms with Gasteiger partial charge >= 0.3 is 5.97 Å². The summed E-state index contributed by atoms with van der Waals surface area (Å²) in [5.74, 6) is -0.253. The predicted molar refractivity (Wildman–Crippen MR) is 174 cm³/mol. The van der Waals surface area contributed by atoms with Gasteiger partial charge in [0.25, 0.3) is 5.69 Å². The van der Waals surface area contributed by atoms with Crippen molar-refractivity contribution >= 4 is 39.3 Å². The topological polar surface area (TPSA) is 162 Å². The molecule has 1 saturated carbocycles. The van der Waals surface area contributed by atoms with Gasteiger partial charge in [0.15, 0.2) is 0 Å². The Hall–Kier alpha value is -2.22. The highest BCUT2D eigenvalue weighted by Gasteiger charge is 2.28. The van der Waals surface area contributed by atoms with E-state index in [1.54, 1.807) is 20.8 Å². The molecule has 0 bridgehead atoms. The van der Waals surface area contributed by atoms with Gasteiger partial charge in [-0.2, -0.15) is 16.9 Å². The number of nitro groups is 1. The first-order chi connectivity index (χ1) is 20.1. The van der Waals surface area contributed by atoms with Gasteiger partial charge in [0.1, 0.15) is 34.7 Å². The van der Waals surface area contributed by atoms with Crippen LogP contribution in [-0.4, -0.2) is 50.7 Å². The second kappa shape index (κ2) is 17.3. The third-order valence-electron chi connectivity index (χ3n) is 7.02. The van der Waals surface area contributed by atoms with Crippen molar-refractivity contribution in [2.24, 2.45) is 10.8 Å². The summed E-state index contributed by atoms with van der Waals surface area (Å²) in [5, 5.41) is 18.7. The van der Waals surface area contributed by atoms with Gasteiger partial charge in [-0.1, -0.05) is 61.9 Å². The van der Waals surface area contributed by atoms with Gasteiger partial charge in [-0.25, -0.2) is 5.53 Å². The summed E-state index contributed by atoms with van der Waals surface area (Å²) in [6.45, 7) is 10.1. The van der Waals surface area contributed by atoms with Crippen LogP contribution in [0.1, 0.15) is 91.5 Å². The van der Waals surface area contributed by atoms with E-state index in [2.05, 4.69) is 52.0 Å². The molecule has 0 amide bonds. The summed E-state index contributed by atoms with van der Waals surface area (Å²) in [5.41, 5.74) is 13.2. The molecule has 242 valence electrons. The zero-order valence-electron chi connectivity index (χ0n) is 26.1. The maximum Gasteiger partial charge on any atom is 0.322 e. The fourth-order valence-corrected chi connectivity index (χ4v) is 6.31. The Balaban J connectivity index is 1.85. The minimum atomic E-state index is -0.931. The molecule has 1 atom stereocenters. The third kappa shape index (κ3) is 14.4. The van der Waals surface area contributed by atoms with Crippen LogP contribution in [0.2, 0.25) is 0 Å². The van der Waals surface area contributed by atoms with Crippen LogP contribution < -0.4 is 15.8 Å². The molecule has 0 saturated heterocycles. The molecule has 0 spiro atoms. The van der Waals surface area contributed by atoms with Crippen LogP contribution in [-0.2, 0) is 20.9 Å². The van der Waals surface area contributed by atoms with E-state index < -0.39 is 20.9 Å². The smallest absolute Gasteiger partial charge is 0.322 e. The Morgan fingerprint density at radius 3 is 2.47 bits per heavy atom. The van der Waals surface area contributed by atoms with Gasteiger partial charge in [-0.3, -0.25) is 14.9 Å². The number of esters is 1. The van der Waals surface area contributed by atoms with Crippen LogP contribution in [0.25, 0.3) is 0 Å². The number of alkyl halides is 1. The first-order valence-corrected chi connectivity index (χ1v) is 16.5. The first kappa shape index (κ1) is 37.0. The first-order valence-electron chi connectivity index (χ1n) is 14.8. The molecule has 4 N–H and O–H groups in total. The second-order valence-corrected chi connectivity index (χ2v) is 16.3. The Morgan fingerprint density at radius 1 is 1.21 bits per heavy atom. The molecule has 2 rings (SSSR count). The summed E-state index contributed by atoms with van der Waals surface area (Å²) >= 11 is 5.29. The highest BCUT2D eigenvalue weighted by atomic mass is 79.9. The zero-order valence-corrected chi connectivity index (χ0v) is 28.5. The van der Waals surface area contributed by atoms with Crippen molar-refractivity contribution in [3.05, 3.63) is 45.8 Å². The molecule has 1 unspecified atom stereocenters. The van der Waals surface area contributed by atoms with Crippen molar-refractivity contribution in [1.82, 2.24) is 5.32 Å². The van der Waals surface area contributed by atoms with E-state index >= 15 is 0 Å². The lowest BCUT2D eigenvalue weighted by Crippen LogP contribution is -2.48. The summed E-state index contributed by atoms with van der Waals surface area (Å²) in [7, 11) is 0. The average molecular weight is 687 g/mol. The minimum Gasteiger partial charge on any atom is -0.487 e. The van der Waals surface area contributed by atoms with Crippen LogP contribution in [0.4, 0.5) is 5.69 Å². The number of halogens is 1. The number of rotatable bonds is 17. The van der Waals surface area contributed by atoms with Crippen molar-refractivity contribution in [3.63, 3.8) is 0 Å². The van der Waals surface area contributed by atoms with Gasteiger partial charge in [-0.05, 0) is 52.2 Å². The number of carbonyl (C=O) groups is 1. The Kier molecular flexibility index (Phi) is 14.9. The summed E-state index contributed by atoms with van der Waals surface area (Å²) in [6.07, 6.45) is 11.7. The number of hydrogen-bond acceptors (Lipinski definition) is 11. The van der Waals surface area contributed by atoms with Crippen molar-refractivity contribution in [1.29, 1.82) is 5.53 Å². The molecule has 13 heteroatoms. The number of ether oxygens (including phenoxy) is 3. The van der Waals surface area contributed by atoms with Crippen LogP contribution in [0.5, 0.6) is 5.75 Å². The molecule has 1 fully saturated rings. The van der Waals surface area contributed by atoms with Crippen molar-refractivity contribution in [2.45, 2.75) is 113 Å². The Bertz CT molecular complexity index is 1100. The number of hydrogen-bond donors (Lipinski definition) is 3. The van der Waals surface area contributed by atoms with E-state index in [4.69, 9.17) is 25.5 Å². The van der Waals surface area contributed by atoms with Crippen molar-refractivity contribution in [2.75, 3.05) is 19.8 Å². The average Bonchev–Trinajstić information content (AvgIpc) is 2.89. The maximum atomic E-state index is 12.1. The maximum absolute atomic E-state index is 12.1. The van der Waals surface area contributed by atoms with E-state index in [9.17, 15) is 14.9 Å². The zero-order chi connectivity index (χ0) is 32.1. The number of nitrogens with zero attached hydrogens (tertiary/aromatic N) is 2. The molecular formula is C30H48BrN5O6S. The molecule has 0 aliphatic heterocycles. The quantitative estimate of drug-likeness (QED) is 0.0380. The fourth-order valence-electron chi connectivity index (χ4n) is 4.52. The van der Waals surface area contributed by atoms with E-state index in [-0.39, 0.29) is 34.9 Å². The Labute approximate surface area is 268 Å². The number of nitro benzene ring substituents is 1. The largest absolute Gasteiger partial charge is 0.487 e. The standard InChI is InChI=1S/C30H48BrN5O6S/c1-28(2,43-25-11-9-7-6-8-10-12-25)15-16-42-30(5,32)21-34-18-23(35-33)20-40-24-13-14-26(36(38)39)22(17-24)19-41-27(37)29(3,4)31/h13-14,17-18,25,33-34H,6-12,15-16,19-21,32H2,1-5H3/b23-18-,35-33?.